The molecule has 1 aliphatic heterocycles. The Balaban J connectivity index is 1.85. The summed E-state index contributed by atoms with van der Waals surface area (Å²) in [7, 11) is 1.56. The Morgan fingerprint density at radius 3 is 2.78 bits per heavy atom. The zero-order valence-electron chi connectivity index (χ0n) is 20.6. The van der Waals surface area contributed by atoms with E-state index in [4.69, 9.17) is 15.9 Å². The molecule has 10 nitrogen and oxygen atoms in total. The van der Waals surface area contributed by atoms with Gasteiger partial charge in [0.15, 0.2) is 0 Å². The number of methoxy groups -OCH3 is 1. The van der Waals surface area contributed by atoms with Gasteiger partial charge >= 0.3 is 0 Å². The summed E-state index contributed by atoms with van der Waals surface area (Å²) >= 11 is 1.48. The third kappa shape index (κ3) is 9.08. The van der Waals surface area contributed by atoms with Crippen LogP contribution in [0.4, 0.5) is 11.4 Å². The minimum Gasteiger partial charge on any atom is -0.385 e. The van der Waals surface area contributed by atoms with Crippen LogP contribution in [0.2, 0.25) is 0 Å². The maximum absolute atomic E-state index is 12.9. The number of nitriles is 1. The number of anilines is 2. The average molecular weight is 516 g/mol. The van der Waals surface area contributed by atoms with Crippen LogP contribution in [-0.2, 0) is 23.9 Å². The lowest BCUT2D eigenvalue weighted by molar-refractivity contribution is -0.131. The largest absolute Gasteiger partial charge is 0.385 e. The van der Waals surface area contributed by atoms with Crippen LogP contribution in [0.25, 0.3) is 0 Å². The number of carbonyl (C=O) groups is 3. The van der Waals surface area contributed by atoms with Crippen molar-refractivity contribution < 1.29 is 23.9 Å². The monoisotopic (exact) mass is 515 g/mol. The second-order valence-corrected chi connectivity index (χ2v) is 9.32. The van der Waals surface area contributed by atoms with Crippen LogP contribution in [0.3, 0.4) is 0 Å². The fourth-order valence-electron chi connectivity index (χ4n) is 3.62. The van der Waals surface area contributed by atoms with Crippen molar-refractivity contribution >= 4 is 40.9 Å². The Kier molecular flexibility index (Phi) is 12.6. The van der Waals surface area contributed by atoms with E-state index in [1.54, 1.807) is 18.1 Å². The molecule has 3 N–H and O–H groups in total. The Morgan fingerprint density at radius 1 is 1.31 bits per heavy atom. The van der Waals surface area contributed by atoms with Gasteiger partial charge < -0.3 is 30.3 Å². The molecule has 3 amide bonds. The normalized spacial score (nSPS) is 17.7. The minimum absolute atomic E-state index is 0.00418. The van der Waals surface area contributed by atoms with Crippen molar-refractivity contribution in [1.29, 1.82) is 5.26 Å². The standard InChI is InChI=1S/C25H33N5O5S/c1-4-10-28-24(32)18(16-26)14-23-30(5-2)25(33)21(36-23)9-11-27-19-7-6-8-20(15-19)29-22(31)17-35-13-12-34-3/h1,6-8,15,18,21,23,27H,5,9-14,17H2,2-3H3,(H,28,32)(H,29,31). The van der Waals surface area contributed by atoms with Gasteiger partial charge in [-0.05, 0) is 31.5 Å². The van der Waals surface area contributed by atoms with E-state index < -0.39 is 11.8 Å². The highest BCUT2D eigenvalue weighted by molar-refractivity contribution is 8.01. The van der Waals surface area contributed by atoms with Crippen molar-refractivity contribution in [3.05, 3.63) is 24.3 Å². The highest BCUT2D eigenvalue weighted by Crippen LogP contribution is 2.37. The maximum Gasteiger partial charge on any atom is 0.250 e. The molecular weight excluding hydrogens is 482 g/mol. The number of nitrogens with zero attached hydrogens (tertiary/aromatic N) is 2. The second kappa shape index (κ2) is 15.7. The molecular formula is C25H33N5O5S. The molecule has 3 atom stereocenters. The van der Waals surface area contributed by atoms with Crippen molar-refractivity contribution in [3.63, 3.8) is 0 Å². The molecule has 194 valence electrons. The third-order valence-electron chi connectivity index (χ3n) is 5.39. The molecule has 2 rings (SSSR count). The highest BCUT2D eigenvalue weighted by atomic mass is 32.2. The first kappa shape index (κ1) is 29.0. The second-order valence-electron chi connectivity index (χ2n) is 7.93. The number of hydrogen-bond donors (Lipinski definition) is 3. The van der Waals surface area contributed by atoms with Crippen LogP contribution in [0.1, 0.15) is 19.8 Å². The number of terminal acetylenes is 1. The van der Waals surface area contributed by atoms with Gasteiger partial charge in [0.2, 0.25) is 17.7 Å². The van der Waals surface area contributed by atoms with Crippen LogP contribution in [-0.4, -0.2) is 79.8 Å². The molecule has 1 aliphatic rings. The summed E-state index contributed by atoms with van der Waals surface area (Å²) in [5.74, 6) is 0.768. The van der Waals surface area contributed by atoms with E-state index in [-0.39, 0.29) is 42.0 Å². The predicted octanol–water partition coefficient (Wildman–Crippen LogP) is 1.66. The van der Waals surface area contributed by atoms with Crippen molar-refractivity contribution in [2.75, 3.05) is 57.2 Å². The summed E-state index contributed by atoms with van der Waals surface area (Å²) in [6, 6.07) is 9.31. The van der Waals surface area contributed by atoms with Gasteiger partial charge in [0.05, 0.1) is 36.5 Å². The summed E-state index contributed by atoms with van der Waals surface area (Å²) in [6.07, 6.45) is 5.99. The van der Waals surface area contributed by atoms with Crippen LogP contribution < -0.4 is 16.0 Å². The first-order valence-electron chi connectivity index (χ1n) is 11.7. The van der Waals surface area contributed by atoms with Crippen LogP contribution in [0.5, 0.6) is 0 Å². The topological polar surface area (TPSA) is 133 Å². The van der Waals surface area contributed by atoms with E-state index in [0.717, 1.165) is 5.69 Å². The minimum atomic E-state index is -0.877. The molecule has 1 fully saturated rings. The maximum atomic E-state index is 12.9. The number of carbonyl (C=O) groups excluding carboxylic acids is 3. The quantitative estimate of drug-likeness (QED) is 0.237. The Hall–Kier alpha value is -3.25. The lowest BCUT2D eigenvalue weighted by atomic mass is 10.1. The number of ether oxygens (including phenoxy) is 2. The smallest absolute Gasteiger partial charge is 0.250 e. The summed E-state index contributed by atoms with van der Waals surface area (Å²) in [6.45, 7) is 3.69. The van der Waals surface area contributed by atoms with Gasteiger partial charge in [-0.3, -0.25) is 14.4 Å². The van der Waals surface area contributed by atoms with Gasteiger partial charge in [-0.25, -0.2) is 0 Å². The molecule has 0 radical (unpaired) electrons. The Morgan fingerprint density at radius 2 is 2.08 bits per heavy atom. The fourth-order valence-corrected chi connectivity index (χ4v) is 5.21. The van der Waals surface area contributed by atoms with Crippen molar-refractivity contribution in [3.8, 4) is 18.4 Å². The van der Waals surface area contributed by atoms with Crippen molar-refractivity contribution in [1.82, 2.24) is 10.2 Å². The van der Waals surface area contributed by atoms with Gasteiger partial charge in [0, 0.05) is 38.0 Å². The number of nitrogens with one attached hydrogen (secondary N) is 3. The molecule has 1 aromatic rings. The third-order valence-corrected chi connectivity index (χ3v) is 6.92. The summed E-state index contributed by atoms with van der Waals surface area (Å²) in [5, 5.41) is 17.5. The molecule has 1 aromatic carbocycles. The number of rotatable bonds is 15. The number of hydrogen-bond acceptors (Lipinski definition) is 8. The average Bonchev–Trinajstić information content (AvgIpc) is 3.17. The molecule has 0 saturated carbocycles. The Bertz CT molecular complexity index is 976. The van der Waals surface area contributed by atoms with Crippen LogP contribution in [0, 0.1) is 29.6 Å². The first-order valence-corrected chi connectivity index (χ1v) is 12.6. The van der Waals surface area contributed by atoms with Crippen LogP contribution >= 0.6 is 11.8 Å². The summed E-state index contributed by atoms with van der Waals surface area (Å²) in [4.78, 5) is 38.8. The molecule has 36 heavy (non-hydrogen) atoms. The van der Waals surface area contributed by atoms with Gasteiger partial charge in [-0.2, -0.15) is 5.26 Å². The molecule has 0 aliphatic carbocycles. The number of amides is 3. The lowest BCUT2D eigenvalue weighted by Crippen LogP contribution is -2.38. The lowest BCUT2D eigenvalue weighted by Gasteiger charge is -2.23. The molecule has 1 saturated heterocycles. The highest BCUT2D eigenvalue weighted by Gasteiger charge is 2.40. The van der Waals surface area contributed by atoms with E-state index in [0.29, 0.717) is 38.4 Å². The van der Waals surface area contributed by atoms with E-state index in [1.165, 1.54) is 11.8 Å². The van der Waals surface area contributed by atoms with E-state index in [1.807, 2.05) is 31.2 Å². The molecule has 1 heterocycles. The van der Waals surface area contributed by atoms with Crippen LogP contribution in [0.15, 0.2) is 24.3 Å². The van der Waals surface area contributed by atoms with Crippen molar-refractivity contribution in [2.24, 2.45) is 5.92 Å². The molecule has 0 aromatic heterocycles. The zero-order chi connectivity index (χ0) is 26.3. The van der Waals surface area contributed by atoms with Gasteiger partial charge in [0.25, 0.3) is 0 Å². The van der Waals surface area contributed by atoms with E-state index >= 15 is 0 Å². The van der Waals surface area contributed by atoms with Gasteiger partial charge in [-0.1, -0.05) is 12.0 Å². The fraction of sp³-hybridized carbons (Fsp3) is 0.520. The zero-order valence-corrected chi connectivity index (χ0v) is 21.4. The molecule has 3 unspecified atom stereocenters. The SMILES string of the molecule is C#CCNC(=O)C(C#N)CC1SC(CCNc2cccc(NC(=O)COCCOC)c2)C(=O)N1CC. The first-order chi connectivity index (χ1) is 17.4. The molecule has 11 heteroatoms. The predicted molar refractivity (Wildman–Crippen MR) is 139 cm³/mol. The Labute approximate surface area is 216 Å². The number of benzene rings is 1. The van der Waals surface area contributed by atoms with E-state index in [2.05, 4.69) is 21.9 Å². The summed E-state index contributed by atoms with van der Waals surface area (Å²) in [5.41, 5.74) is 1.44. The van der Waals surface area contributed by atoms with Gasteiger partial charge in [0.1, 0.15) is 12.5 Å². The van der Waals surface area contributed by atoms with Crippen molar-refractivity contribution in [2.45, 2.75) is 30.4 Å². The van der Waals surface area contributed by atoms with Gasteiger partial charge in [-0.15, -0.1) is 18.2 Å². The molecule has 0 bridgehead atoms. The number of thioether (sulfide) groups is 1. The molecule has 0 spiro atoms. The van der Waals surface area contributed by atoms with E-state index in [9.17, 15) is 19.6 Å². The summed E-state index contributed by atoms with van der Waals surface area (Å²) < 4.78 is 10.1.